The molecule has 2 aliphatic heterocycles. The monoisotopic (exact) mass is 487 g/mol. The predicted molar refractivity (Wildman–Crippen MR) is 128 cm³/mol. The van der Waals surface area contributed by atoms with Gasteiger partial charge in [0.25, 0.3) is 0 Å². The molecule has 7 nitrogen and oxygen atoms in total. The molecule has 0 unspecified atom stereocenters. The number of aliphatic carboxylic acids is 1. The van der Waals surface area contributed by atoms with Crippen LogP contribution in [0.25, 0.3) is 0 Å². The summed E-state index contributed by atoms with van der Waals surface area (Å²) in [5.74, 6) is 1.03. The Morgan fingerprint density at radius 1 is 1.29 bits per heavy atom. The number of piperidine rings is 1. The van der Waals surface area contributed by atoms with Crippen LogP contribution in [-0.2, 0) is 19.8 Å². The average Bonchev–Trinajstić information content (AvgIpc) is 3.31. The van der Waals surface area contributed by atoms with Crippen LogP contribution in [0.15, 0.2) is 30.3 Å². The molecule has 2 aliphatic rings. The molecule has 3 N–H and O–H groups in total. The highest BCUT2D eigenvalue weighted by atomic mass is 35.5. The van der Waals surface area contributed by atoms with Crippen LogP contribution in [0.2, 0.25) is 0 Å². The fourth-order valence-corrected chi connectivity index (χ4v) is 5.48. The average molecular weight is 488 g/mol. The molecule has 0 spiro atoms. The van der Waals surface area contributed by atoms with Crippen molar-refractivity contribution in [3.8, 4) is 0 Å². The van der Waals surface area contributed by atoms with Crippen molar-refractivity contribution >= 4 is 53.7 Å². The Morgan fingerprint density at radius 2 is 1.97 bits per heavy atom. The number of hydrogen-bond donors (Lipinski definition) is 3. The topological polar surface area (TPSA) is 98.7 Å². The SMILES string of the molecule is CSCC[C@@H](NC(=O)C1(c2ccccc2)CCN(C(=O)[C@H]2CSCN2)CC1)C(=O)O.Cl. The van der Waals surface area contributed by atoms with Gasteiger partial charge in [-0.3, -0.25) is 14.9 Å². The van der Waals surface area contributed by atoms with Gasteiger partial charge in [-0.05, 0) is 36.8 Å². The van der Waals surface area contributed by atoms with Crippen LogP contribution >= 0.6 is 35.9 Å². The number of carboxylic acid groups (broad SMARTS) is 1. The van der Waals surface area contributed by atoms with Gasteiger partial charge in [-0.1, -0.05) is 30.3 Å². The quantitative estimate of drug-likeness (QED) is 0.515. The van der Waals surface area contributed by atoms with Crippen LogP contribution in [0, 0.1) is 0 Å². The molecule has 10 heteroatoms. The van der Waals surface area contributed by atoms with E-state index in [-0.39, 0.29) is 30.3 Å². The lowest BCUT2D eigenvalue weighted by Crippen LogP contribution is -2.57. The van der Waals surface area contributed by atoms with Crippen molar-refractivity contribution in [1.29, 1.82) is 0 Å². The van der Waals surface area contributed by atoms with Crippen molar-refractivity contribution in [1.82, 2.24) is 15.5 Å². The first-order valence-corrected chi connectivity index (χ1v) is 12.7. The van der Waals surface area contributed by atoms with Crippen LogP contribution in [0.1, 0.15) is 24.8 Å². The van der Waals surface area contributed by atoms with Gasteiger partial charge in [-0.25, -0.2) is 4.79 Å². The molecule has 172 valence electrons. The number of carbonyl (C=O) groups excluding carboxylic acids is 2. The normalized spacial score (nSPS) is 21.1. The largest absolute Gasteiger partial charge is 0.480 e. The first-order valence-electron chi connectivity index (χ1n) is 10.2. The molecule has 31 heavy (non-hydrogen) atoms. The number of carbonyl (C=O) groups is 3. The minimum Gasteiger partial charge on any atom is -0.480 e. The number of nitrogens with zero attached hydrogens (tertiary/aromatic N) is 1. The lowest BCUT2D eigenvalue weighted by molar-refractivity contribution is -0.143. The third-order valence-electron chi connectivity index (χ3n) is 5.92. The van der Waals surface area contributed by atoms with Gasteiger partial charge >= 0.3 is 5.97 Å². The van der Waals surface area contributed by atoms with Crippen molar-refractivity contribution in [2.45, 2.75) is 36.8 Å². The Kier molecular flexibility index (Phi) is 9.99. The molecule has 2 heterocycles. The summed E-state index contributed by atoms with van der Waals surface area (Å²) in [6, 6.07) is 8.46. The third-order valence-corrected chi connectivity index (χ3v) is 7.50. The van der Waals surface area contributed by atoms with Crippen molar-refractivity contribution in [2.75, 3.05) is 36.7 Å². The van der Waals surface area contributed by atoms with Crippen molar-refractivity contribution in [2.24, 2.45) is 0 Å². The second-order valence-corrected chi connectivity index (χ2v) is 9.71. The van der Waals surface area contributed by atoms with Crippen molar-refractivity contribution in [3.63, 3.8) is 0 Å². The summed E-state index contributed by atoms with van der Waals surface area (Å²) in [5.41, 5.74) is 0.0429. The zero-order chi connectivity index (χ0) is 21.6. The van der Waals surface area contributed by atoms with E-state index < -0.39 is 17.4 Å². The molecule has 2 atom stereocenters. The van der Waals surface area contributed by atoms with E-state index in [0.717, 1.165) is 17.2 Å². The summed E-state index contributed by atoms with van der Waals surface area (Å²) in [7, 11) is 0. The van der Waals surface area contributed by atoms with E-state index in [1.54, 1.807) is 23.5 Å². The first-order chi connectivity index (χ1) is 14.5. The van der Waals surface area contributed by atoms with E-state index in [9.17, 15) is 19.5 Å². The molecular weight excluding hydrogens is 458 g/mol. The zero-order valence-electron chi connectivity index (χ0n) is 17.5. The highest BCUT2D eigenvalue weighted by Crippen LogP contribution is 2.36. The number of rotatable bonds is 8. The number of benzene rings is 1. The number of hydrogen-bond acceptors (Lipinski definition) is 6. The van der Waals surface area contributed by atoms with E-state index in [0.29, 0.717) is 38.1 Å². The summed E-state index contributed by atoms with van der Waals surface area (Å²) in [5, 5.41) is 15.6. The Bertz CT molecular complexity index is 754. The van der Waals surface area contributed by atoms with Crippen LogP contribution in [0.4, 0.5) is 0 Å². The van der Waals surface area contributed by atoms with E-state index in [4.69, 9.17) is 0 Å². The Morgan fingerprint density at radius 3 is 2.52 bits per heavy atom. The van der Waals surface area contributed by atoms with Crippen LogP contribution in [0.3, 0.4) is 0 Å². The van der Waals surface area contributed by atoms with Crippen LogP contribution in [-0.4, -0.2) is 76.6 Å². The van der Waals surface area contributed by atoms with Gasteiger partial charge in [0.15, 0.2) is 0 Å². The van der Waals surface area contributed by atoms with E-state index in [2.05, 4.69) is 10.6 Å². The third kappa shape index (κ3) is 6.09. The number of thioether (sulfide) groups is 2. The maximum absolute atomic E-state index is 13.4. The summed E-state index contributed by atoms with van der Waals surface area (Å²) in [6.07, 6.45) is 3.24. The molecule has 2 fully saturated rings. The fourth-order valence-electron chi connectivity index (χ4n) is 4.08. The number of halogens is 1. The minimum atomic E-state index is -1.02. The van der Waals surface area contributed by atoms with E-state index in [1.807, 2.05) is 41.5 Å². The fraction of sp³-hybridized carbons (Fsp3) is 0.571. The van der Waals surface area contributed by atoms with E-state index in [1.165, 1.54) is 0 Å². The van der Waals surface area contributed by atoms with Gasteiger partial charge in [-0.15, -0.1) is 24.2 Å². The molecule has 2 saturated heterocycles. The summed E-state index contributed by atoms with van der Waals surface area (Å²) >= 11 is 3.27. The highest BCUT2D eigenvalue weighted by Gasteiger charge is 2.45. The van der Waals surface area contributed by atoms with E-state index >= 15 is 0 Å². The van der Waals surface area contributed by atoms with Crippen LogP contribution in [0.5, 0.6) is 0 Å². The van der Waals surface area contributed by atoms with Crippen LogP contribution < -0.4 is 10.6 Å². The summed E-state index contributed by atoms with van der Waals surface area (Å²) in [6.45, 7) is 0.957. The highest BCUT2D eigenvalue weighted by molar-refractivity contribution is 7.99. The molecule has 0 radical (unpaired) electrons. The summed E-state index contributed by atoms with van der Waals surface area (Å²) in [4.78, 5) is 39.7. The maximum atomic E-state index is 13.4. The minimum absolute atomic E-state index is 0. The van der Waals surface area contributed by atoms with Gasteiger partial charge in [0.2, 0.25) is 11.8 Å². The van der Waals surface area contributed by atoms with Gasteiger partial charge < -0.3 is 15.3 Å². The standard InChI is InChI=1S/C21H29N3O4S2.ClH/c1-29-12-7-16(19(26)27)23-20(28)21(15-5-3-2-4-6-15)8-10-24(11-9-21)18(25)17-13-30-14-22-17;/h2-6,16-17,22H,7-14H2,1H3,(H,23,28)(H,26,27);1H/t16-,17-;/m1./s1. The molecule has 0 aromatic heterocycles. The lowest BCUT2D eigenvalue weighted by atomic mass is 9.71. The smallest absolute Gasteiger partial charge is 0.326 e. The predicted octanol–water partition coefficient (Wildman–Crippen LogP) is 1.95. The van der Waals surface area contributed by atoms with Gasteiger partial charge in [0.1, 0.15) is 6.04 Å². The lowest BCUT2D eigenvalue weighted by Gasteiger charge is -2.42. The number of amides is 2. The molecule has 2 amide bonds. The van der Waals surface area contributed by atoms with Crippen molar-refractivity contribution < 1.29 is 19.5 Å². The van der Waals surface area contributed by atoms with Gasteiger partial charge in [-0.2, -0.15) is 11.8 Å². The molecular formula is C21H30ClN3O4S2. The Balaban J connectivity index is 0.00000341. The molecule has 0 saturated carbocycles. The molecule has 1 aromatic carbocycles. The van der Waals surface area contributed by atoms with Gasteiger partial charge in [0.05, 0.1) is 11.5 Å². The molecule has 3 rings (SSSR count). The summed E-state index contributed by atoms with van der Waals surface area (Å²) < 4.78 is 0. The maximum Gasteiger partial charge on any atom is 0.326 e. The zero-order valence-corrected chi connectivity index (χ0v) is 20.0. The number of likely N-dealkylation sites (tertiary alicyclic amines) is 1. The Hall–Kier alpha value is -1.42. The Labute approximate surface area is 197 Å². The number of nitrogens with one attached hydrogen (secondary N) is 2. The first kappa shape index (κ1) is 25.8. The second kappa shape index (κ2) is 12.0. The van der Waals surface area contributed by atoms with Crippen molar-refractivity contribution in [3.05, 3.63) is 35.9 Å². The second-order valence-electron chi connectivity index (χ2n) is 7.69. The molecule has 0 aliphatic carbocycles. The number of carboxylic acids is 1. The van der Waals surface area contributed by atoms with Gasteiger partial charge in [0, 0.05) is 24.7 Å². The molecule has 0 bridgehead atoms. The molecule has 1 aromatic rings.